The van der Waals surface area contributed by atoms with Crippen LogP contribution >= 0.6 is 0 Å². The number of guanidine groups is 1. The van der Waals surface area contributed by atoms with E-state index in [9.17, 15) is 58.2 Å². The molecule has 2 aromatic heterocycles. The van der Waals surface area contributed by atoms with Gasteiger partial charge in [-0.25, -0.2) is 4.98 Å². The molecule has 0 aliphatic carbocycles. The molecule has 0 unspecified atom stereocenters. The van der Waals surface area contributed by atoms with Gasteiger partial charge in [0.1, 0.15) is 60.1 Å². The fourth-order valence-corrected chi connectivity index (χ4v) is 10.0. The Morgan fingerprint density at radius 3 is 1.95 bits per heavy atom. The van der Waals surface area contributed by atoms with Crippen molar-refractivity contribution in [3.05, 3.63) is 84.1 Å². The van der Waals surface area contributed by atoms with E-state index in [0.717, 1.165) is 0 Å². The maximum atomic E-state index is 14.7. The van der Waals surface area contributed by atoms with Gasteiger partial charge in [-0.2, -0.15) is 0 Å². The predicted octanol–water partition coefficient (Wildman–Crippen LogP) is -2.32. The highest BCUT2D eigenvalue weighted by molar-refractivity contribution is 5.99. The second kappa shape index (κ2) is 31.3. The van der Waals surface area contributed by atoms with Crippen LogP contribution in [0.5, 0.6) is 5.75 Å². The lowest BCUT2D eigenvalue weighted by Crippen LogP contribution is -2.62. The smallest absolute Gasteiger partial charge is 0.245 e. The van der Waals surface area contributed by atoms with Crippen molar-refractivity contribution >= 4 is 75.9 Å². The van der Waals surface area contributed by atoms with Gasteiger partial charge >= 0.3 is 0 Å². The van der Waals surface area contributed by atoms with Crippen molar-refractivity contribution in [1.82, 2.24) is 62.4 Å². The van der Waals surface area contributed by atoms with Crippen molar-refractivity contribution in [3.63, 3.8) is 0 Å². The molecule has 472 valence electrons. The number of ether oxygens (including phenoxy) is 1. The van der Waals surface area contributed by atoms with Gasteiger partial charge in [0.2, 0.25) is 59.1 Å². The zero-order valence-corrected chi connectivity index (χ0v) is 49.5. The number of primary amides is 1. The van der Waals surface area contributed by atoms with Crippen LogP contribution < -0.4 is 59.7 Å². The number of aromatic amines is 2. The molecule has 2 fully saturated rings. The number of benzene rings is 2. The van der Waals surface area contributed by atoms with E-state index in [1.165, 1.54) is 41.7 Å². The highest BCUT2D eigenvalue weighted by atomic mass is 16.5. The Hall–Kier alpha value is -9.12. The Labute approximate surface area is 502 Å². The first-order chi connectivity index (χ1) is 41.3. The summed E-state index contributed by atoms with van der Waals surface area (Å²) >= 11 is 0. The summed E-state index contributed by atoms with van der Waals surface area (Å²) in [5.41, 5.74) is 17.9. The number of aromatic hydroxyl groups is 1. The second-order valence-corrected chi connectivity index (χ2v) is 23.1. The van der Waals surface area contributed by atoms with Gasteiger partial charge in [0.15, 0.2) is 5.96 Å². The lowest BCUT2D eigenvalue weighted by molar-refractivity contribution is -0.141. The number of fused-ring (bicyclic) bond motifs is 1. The third kappa shape index (κ3) is 20.3. The Kier molecular flexibility index (Phi) is 24.1. The normalized spacial score (nSPS) is 17.3. The standard InChI is InChI=1S/C58H82N16O13/c1-31(2)22-40(50(80)67-39(12-8-20-63-57(60)61)56(86)74-21-9-13-46(74)48(59)78)68-55(85)45(29-87-58(3,4)5)73-51(81)41(23-32-14-16-35(76)17-15-32)69-54(84)44(28-75)72-52(82)42(24-33-26-64-37-11-7-6-10-36(33)37)70-53(83)43(25-34-27-62-30-65-34)71-49(79)38-18-19-47(77)66-38/h6-7,10-11,14-17,26-27,30-31,38-46,64,75-76H,8-9,12-13,18-25,28-29H2,1-5H3,(H2,59,78)(H,62,65)(H,66,77)(H,67,80)(H,68,85)(H,69,84)(H,70,83)(H,71,79)(H,72,82)(H,73,81)(H4,60,61,63)/t38-,39-,40-,41-,42-,43-,44-,45+,46-/m0/s1. The minimum Gasteiger partial charge on any atom is -0.508 e. The van der Waals surface area contributed by atoms with E-state index in [2.05, 4.69) is 62.5 Å². The summed E-state index contributed by atoms with van der Waals surface area (Å²) in [6.45, 7) is 7.55. The topological polar surface area (TPSA) is 455 Å². The predicted molar refractivity (Wildman–Crippen MR) is 317 cm³/mol. The quantitative estimate of drug-likeness (QED) is 0.0143. The number of carbonyl (C=O) groups excluding carboxylic acids is 10. The summed E-state index contributed by atoms with van der Waals surface area (Å²) in [6.07, 6.45) is 5.36. The van der Waals surface area contributed by atoms with Gasteiger partial charge in [0, 0.05) is 67.8 Å². The molecule has 9 atom stereocenters. The van der Waals surface area contributed by atoms with E-state index >= 15 is 0 Å². The Balaban J connectivity index is 1.24. The fourth-order valence-electron chi connectivity index (χ4n) is 10.0. The minimum absolute atomic E-state index is 0.0413. The number of amides is 10. The van der Waals surface area contributed by atoms with E-state index in [4.69, 9.17) is 21.9 Å². The Morgan fingerprint density at radius 1 is 0.747 bits per heavy atom. The number of aliphatic hydroxyl groups excluding tert-OH is 1. The molecule has 2 aliphatic heterocycles. The lowest BCUT2D eigenvalue weighted by atomic mass is 10.0. The van der Waals surface area contributed by atoms with Crippen LogP contribution in [0.25, 0.3) is 10.9 Å². The number of hydrogen-bond acceptors (Lipinski definition) is 15. The first-order valence-corrected chi connectivity index (χ1v) is 28.9. The van der Waals surface area contributed by atoms with Gasteiger partial charge in [-0.1, -0.05) is 44.2 Å². The third-order valence-electron chi connectivity index (χ3n) is 14.6. The van der Waals surface area contributed by atoms with Gasteiger partial charge in [-0.05, 0) is 94.5 Å². The highest BCUT2D eigenvalue weighted by Gasteiger charge is 2.40. The van der Waals surface area contributed by atoms with Crippen LogP contribution in [0.15, 0.2) is 72.2 Å². The van der Waals surface area contributed by atoms with Crippen molar-refractivity contribution < 1.29 is 62.9 Å². The maximum Gasteiger partial charge on any atom is 0.245 e. The van der Waals surface area contributed by atoms with Crippen LogP contribution in [0.3, 0.4) is 0 Å². The van der Waals surface area contributed by atoms with Crippen LogP contribution in [-0.4, -0.2) is 181 Å². The monoisotopic (exact) mass is 1210 g/mol. The van der Waals surface area contributed by atoms with E-state index in [-0.39, 0.29) is 88.0 Å². The second-order valence-electron chi connectivity index (χ2n) is 23.1. The van der Waals surface area contributed by atoms with Gasteiger partial charge in [-0.3, -0.25) is 52.9 Å². The number of phenols is 1. The molecule has 10 amide bonds. The molecule has 0 saturated carbocycles. The number of aromatic nitrogens is 3. The maximum absolute atomic E-state index is 14.7. The molecule has 0 bridgehead atoms. The van der Waals surface area contributed by atoms with Gasteiger partial charge in [-0.15, -0.1) is 0 Å². The first kappa shape index (κ1) is 67.0. The lowest BCUT2D eigenvalue weighted by Gasteiger charge is -2.31. The molecule has 29 nitrogen and oxygen atoms in total. The molecule has 0 radical (unpaired) electrons. The molecule has 4 heterocycles. The average Bonchev–Trinajstić information content (AvgIpc) is 2.47. The summed E-state index contributed by atoms with van der Waals surface area (Å²) in [5, 5.41) is 42.8. The summed E-state index contributed by atoms with van der Waals surface area (Å²) in [4.78, 5) is 154. The van der Waals surface area contributed by atoms with Crippen LogP contribution in [0.2, 0.25) is 0 Å². The number of hydrogen-bond donors (Lipinski definition) is 15. The molecule has 0 spiro atoms. The number of nitrogens with one attached hydrogen (secondary N) is 10. The summed E-state index contributed by atoms with van der Waals surface area (Å²) in [6, 6.07) is 0.803. The van der Waals surface area contributed by atoms with Gasteiger partial charge in [0.05, 0.1) is 25.1 Å². The third-order valence-corrected chi connectivity index (χ3v) is 14.6. The largest absolute Gasteiger partial charge is 0.508 e. The number of H-pyrrole nitrogens is 2. The molecule has 2 aromatic carbocycles. The molecule has 2 aliphatic rings. The molecule has 4 aromatic rings. The molecular weight excluding hydrogens is 1130 g/mol. The van der Waals surface area contributed by atoms with E-state index in [0.29, 0.717) is 40.6 Å². The molecule has 29 heteroatoms. The van der Waals surface area contributed by atoms with Crippen molar-refractivity contribution in [2.75, 3.05) is 26.3 Å². The van der Waals surface area contributed by atoms with Crippen LogP contribution in [-0.2, 0) is 71.9 Å². The van der Waals surface area contributed by atoms with Gasteiger partial charge < -0.3 is 89.6 Å². The fraction of sp³-hybridized carbons (Fsp3) is 0.517. The van der Waals surface area contributed by atoms with Crippen LogP contribution in [0.4, 0.5) is 0 Å². The highest BCUT2D eigenvalue weighted by Crippen LogP contribution is 2.22. The number of nitrogens with zero attached hydrogens (tertiary/aromatic N) is 3. The van der Waals surface area contributed by atoms with E-state index < -0.39 is 126 Å². The number of phenolic OH excluding ortho intramolecular Hbond substituents is 1. The summed E-state index contributed by atoms with van der Waals surface area (Å²) in [5.74, 6) is -8.23. The molecule has 2 saturated heterocycles. The molecule has 6 rings (SSSR count). The number of aliphatic imine (C=N–C) groups is 1. The number of likely N-dealkylation sites (tertiary alicyclic amines) is 1. The zero-order chi connectivity index (χ0) is 63.5. The van der Waals surface area contributed by atoms with Crippen LogP contribution in [0, 0.1) is 5.92 Å². The van der Waals surface area contributed by atoms with Crippen molar-refractivity contribution in [2.24, 2.45) is 28.1 Å². The molecule has 18 N–H and O–H groups in total. The number of para-hydroxylation sites is 1. The number of carbonyl (C=O) groups is 10. The first-order valence-electron chi connectivity index (χ1n) is 28.9. The molecule has 87 heavy (non-hydrogen) atoms. The Morgan fingerprint density at radius 2 is 1.34 bits per heavy atom. The minimum atomic E-state index is -1.78. The Bertz CT molecular complexity index is 3090. The van der Waals surface area contributed by atoms with Crippen molar-refractivity contribution in [3.8, 4) is 5.75 Å². The summed E-state index contributed by atoms with van der Waals surface area (Å²) < 4.78 is 6.02. The number of nitrogens with two attached hydrogens (primary N) is 3. The average molecular weight is 1210 g/mol. The number of aliphatic hydroxyl groups is 1. The zero-order valence-electron chi connectivity index (χ0n) is 49.5. The summed E-state index contributed by atoms with van der Waals surface area (Å²) in [7, 11) is 0. The van der Waals surface area contributed by atoms with E-state index in [1.807, 2.05) is 0 Å². The van der Waals surface area contributed by atoms with Gasteiger partial charge in [0.25, 0.3) is 0 Å². The van der Waals surface area contributed by atoms with Crippen molar-refractivity contribution in [1.29, 1.82) is 0 Å². The SMILES string of the molecule is CC(C)C[C@H](NC(=O)[C@@H](COC(C)(C)C)NC(=O)[C@H](Cc1ccc(O)cc1)NC(=O)[C@H](CO)NC(=O)[C@H](Cc1c[nH]c2ccccc12)NC(=O)[C@H](Cc1cnc[nH]1)NC(=O)[C@@H]1CCC(=O)N1)C(=O)N[C@@H](CCCN=C(N)N)C(=O)N1CCC[C@H]1C(N)=O. The molecular formula is C58H82N16O13. The van der Waals surface area contributed by atoms with Crippen molar-refractivity contribution in [2.45, 2.75) is 159 Å². The van der Waals surface area contributed by atoms with E-state index in [1.54, 1.807) is 65.1 Å². The van der Waals surface area contributed by atoms with Crippen LogP contribution in [0.1, 0.15) is 96.4 Å². The number of imidazole rings is 1. The number of rotatable bonds is 31.